The third kappa shape index (κ3) is 4.44. The van der Waals surface area contributed by atoms with E-state index < -0.39 is 6.04 Å². The zero-order valence-corrected chi connectivity index (χ0v) is 13.3. The highest BCUT2D eigenvalue weighted by Crippen LogP contribution is 2.29. The fourth-order valence-electron chi connectivity index (χ4n) is 1.79. The summed E-state index contributed by atoms with van der Waals surface area (Å²) < 4.78 is 0. The Kier molecular flexibility index (Phi) is 5.35. The van der Waals surface area contributed by atoms with Gasteiger partial charge < -0.3 is 11.1 Å². The molecule has 0 aliphatic heterocycles. The SMILES string of the molecule is CC(=O)c1ccc(Sc2cccc(NC(=O)C(C)N)c2)cc1. The van der Waals surface area contributed by atoms with E-state index in [-0.39, 0.29) is 11.7 Å². The fraction of sp³-hybridized carbons (Fsp3) is 0.176. The molecule has 4 nitrogen and oxygen atoms in total. The average Bonchev–Trinajstić information content (AvgIpc) is 2.48. The summed E-state index contributed by atoms with van der Waals surface area (Å²) in [4.78, 5) is 24.9. The molecular formula is C17H18N2O2S. The second-order valence-corrected chi connectivity index (χ2v) is 6.14. The first-order valence-corrected chi connectivity index (χ1v) is 7.73. The van der Waals surface area contributed by atoms with Crippen molar-refractivity contribution in [2.75, 3.05) is 5.32 Å². The minimum atomic E-state index is -0.546. The van der Waals surface area contributed by atoms with Gasteiger partial charge in [-0.05, 0) is 44.2 Å². The van der Waals surface area contributed by atoms with Crippen molar-refractivity contribution in [2.24, 2.45) is 5.73 Å². The van der Waals surface area contributed by atoms with E-state index >= 15 is 0 Å². The van der Waals surface area contributed by atoms with E-state index in [9.17, 15) is 9.59 Å². The number of carbonyl (C=O) groups excluding carboxylic acids is 2. The van der Waals surface area contributed by atoms with Crippen molar-refractivity contribution in [1.82, 2.24) is 0 Å². The van der Waals surface area contributed by atoms with E-state index in [0.29, 0.717) is 11.3 Å². The number of rotatable bonds is 5. The molecule has 2 aromatic rings. The molecule has 0 fully saturated rings. The first-order valence-electron chi connectivity index (χ1n) is 6.91. The summed E-state index contributed by atoms with van der Waals surface area (Å²) in [6.45, 7) is 3.19. The highest BCUT2D eigenvalue weighted by atomic mass is 32.2. The van der Waals surface area contributed by atoms with Crippen LogP contribution in [0.3, 0.4) is 0 Å². The average molecular weight is 314 g/mol. The Morgan fingerprint density at radius 2 is 1.77 bits per heavy atom. The van der Waals surface area contributed by atoms with Crippen LogP contribution < -0.4 is 11.1 Å². The largest absolute Gasteiger partial charge is 0.325 e. The van der Waals surface area contributed by atoms with Crippen LogP contribution in [0.15, 0.2) is 58.3 Å². The lowest BCUT2D eigenvalue weighted by Gasteiger charge is -2.09. The molecule has 2 rings (SSSR count). The number of anilines is 1. The molecule has 3 N–H and O–H groups in total. The highest BCUT2D eigenvalue weighted by molar-refractivity contribution is 7.99. The molecule has 1 amide bonds. The monoisotopic (exact) mass is 314 g/mol. The topological polar surface area (TPSA) is 72.2 Å². The van der Waals surface area contributed by atoms with Crippen LogP contribution in [0.1, 0.15) is 24.2 Å². The molecule has 5 heteroatoms. The molecule has 0 saturated carbocycles. The molecule has 0 aliphatic rings. The van der Waals surface area contributed by atoms with Crippen LogP contribution >= 0.6 is 11.8 Å². The summed E-state index contributed by atoms with van der Waals surface area (Å²) in [6.07, 6.45) is 0. The minimum Gasteiger partial charge on any atom is -0.325 e. The number of carbonyl (C=O) groups is 2. The van der Waals surface area contributed by atoms with Gasteiger partial charge in [-0.1, -0.05) is 30.0 Å². The van der Waals surface area contributed by atoms with Gasteiger partial charge >= 0.3 is 0 Å². The van der Waals surface area contributed by atoms with Crippen molar-refractivity contribution in [3.63, 3.8) is 0 Å². The lowest BCUT2D eigenvalue weighted by Crippen LogP contribution is -2.32. The summed E-state index contributed by atoms with van der Waals surface area (Å²) in [5, 5.41) is 2.77. The molecule has 2 aromatic carbocycles. The Morgan fingerprint density at radius 1 is 1.09 bits per heavy atom. The van der Waals surface area contributed by atoms with Gasteiger partial charge in [-0.3, -0.25) is 9.59 Å². The predicted molar refractivity (Wildman–Crippen MR) is 89.3 cm³/mol. The maximum Gasteiger partial charge on any atom is 0.240 e. The molecule has 0 spiro atoms. The van der Waals surface area contributed by atoms with Crippen LogP contribution in [-0.4, -0.2) is 17.7 Å². The zero-order chi connectivity index (χ0) is 16.1. The standard InChI is InChI=1S/C17H18N2O2S/c1-11(18)17(21)19-14-4-3-5-16(10-14)22-15-8-6-13(7-9-15)12(2)20/h3-11H,18H2,1-2H3,(H,19,21). The summed E-state index contributed by atoms with van der Waals surface area (Å²) >= 11 is 1.56. The summed E-state index contributed by atoms with van der Waals surface area (Å²) in [5.41, 5.74) is 6.95. The van der Waals surface area contributed by atoms with E-state index in [2.05, 4.69) is 5.32 Å². The minimum absolute atomic E-state index is 0.0529. The Balaban J connectivity index is 2.09. The maximum atomic E-state index is 11.6. The normalized spacial score (nSPS) is 11.8. The van der Waals surface area contributed by atoms with Crippen LogP contribution in [-0.2, 0) is 4.79 Å². The highest BCUT2D eigenvalue weighted by Gasteiger charge is 2.08. The van der Waals surface area contributed by atoms with E-state index in [0.717, 1.165) is 9.79 Å². The van der Waals surface area contributed by atoms with Gasteiger partial charge in [0.25, 0.3) is 0 Å². The van der Waals surface area contributed by atoms with Gasteiger partial charge in [-0.2, -0.15) is 0 Å². The number of amides is 1. The number of hydrogen-bond donors (Lipinski definition) is 2. The summed E-state index contributed by atoms with van der Waals surface area (Å²) in [5.74, 6) is -0.162. The van der Waals surface area contributed by atoms with E-state index in [1.54, 1.807) is 25.6 Å². The van der Waals surface area contributed by atoms with E-state index in [1.165, 1.54) is 0 Å². The van der Waals surface area contributed by atoms with E-state index in [4.69, 9.17) is 5.73 Å². The van der Waals surface area contributed by atoms with Gasteiger partial charge in [0.2, 0.25) is 5.91 Å². The van der Waals surface area contributed by atoms with Crippen LogP contribution in [0.2, 0.25) is 0 Å². The molecule has 0 aliphatic carbocycles. The Hall–Kier alpha value is -2.11. The second-order valence-electron chi connectivity index (χ2n) is 4.99. The number of nitrogens with two attached hydrogens (primary N) is 1. The summed E-state index contributed by atoms with van der Waals surface area (Å²) in [7, 11) is 0. The number of ketones is 1. The Labute approximate surface area is 134 Å². The van der Waals surface area contributed by atoms with Crippen LogP contribution in [0.25, 0.3) is 0 Å². The van der Waals surface area contributed by atoms with Crippen molar-refractivity contribution in [2.45, 2.75) is 29.7 Å². The number of nitrogens with one attached hydrogen (secondary N) is 1. The molecular weight excluding hydrogens is 296 g/mol. The van der Waals surface area contributed by atoms with Crippen LogP contribution in [0, 0.1) is 0 Å². The fourth-order valence-corrected chi connectivity index (χ4v) is 2.66. The second kappa shape index (κ2) is 7.24. The number of hydrogen-bond acceptors (Lipinski definition) is 4. The van der Waals surface area contributed by atoms with Crippen LogP contribution in [0.5, 0.6) is 0 Å². The lowest BCUT2D eigenvalue weighted by molar-refractivity contribution is -0.117. The van der Waals surface area contributed by atoms with Gasteiger partial charge in [0.15, 0.2) is 5.78 Å². The molecule has 0 aromatic heterocycles. The van der Waals surface area contributed by atoms with Crippen molar-refractivity contribution in [3.8, 4) is 0 Å². The predicted octanol–water partition coefficient (Wildman–Crippen LogP) is 3.33. The third-order valence-electron chi connectivity index (χ3n) is 3.01. The molecule has 0 heterocycles. The van der Waals surface area contributed by atoms with Crippen molar-refractivity contribution >= 4 is 29.1 Å². The maximum absolute atomic E-state index is 11.6. The first-order chi connectivity index (χ1) is 10.5. The number of Topliss-reactive ketones (excluding diaryl/α,β-unsaturated/α-hetero) is 1. The van der Waals surface area contributed by atoms with E-state index in [1.807, 2.05) is 48.5 Å². The van der Waals surface area contributed by atoms with Crippen molar-refractivity contribution in [3.05, 3.63) is 54.1 Å². The first kappa shape index (κ1) is 16.3. The smallest absolute Gasteiger partial charge is 0.240 e. The van der Waals surface area contributed by atoms with Crippen molar-refractivity contribution < 1.29 is 9.59 Å². The summed E-state index contributed by atoms with van der Waals surface area (Å²) in [6, 6.07) is 14.5. The molecule has 0 radical (unpaired) electrons. The molecule has 22 heavy (non-hydrogen) atoms. The molecule has 114 valence electrons. The van der Waals surface area contributed by atoms with Gasteiger partial charge in [0.1, 0.15) is 0 Å². The molecule has 0 bridgehead atoms. The zero-order valence-electron chi connectivity index (χ0n) is 12.5. The van der Waals surface area contributed by atoms with Gasteiger partial charge in [-0.25, -0.2) is 0 Å². The molecule has 0 saturated heterocycles. The third-order valence-corrected chi connectivity index (χ3v) is 4.01. The Morgan fingerprint density at radius 3 is 2.36 bits per heavy atom. The molecule has 1 atom stereocenters. The quantitative estimate of drug-likeness (QED) is 0.830. The van der Waals surface area contributed by atoms with Crippen LogP contribution in [0.4, 0.5) is 5.69 Å². The Bertz CT molecular complexity index is 681. The van der Waals surface area contributed by atoms with Gasteiger partial charge in [0, 0.05) is 21.0 Å². The molecule has 1 unspecified atom stereocenters. The van der Waals surface area contributed by atoms with Crippen molar-refractivity contribution in [1.29, 1.82) is 0 Å². The van der Waals surface area contributed by atoms with Gasteiger partial charge in [-0.15, -0.1) is 0 Å². The van der Waals surface area contributed by atoms with Gasteiger partial charge in [0.05, 0.1) is 6.04 Å². The lowest BCUT2D eigenvalue weighted by atomic mass is 10.2. The number of benzene rings is 2.